The van der Waals surface area contributed by atoms with Gasteiger partial charge < -0.3 is 5.73 Å². The second-order valence-electron chi connectivity index (χ2n) is 4.01. The van der Waals surface area contributed by atoms with Crippen molar-refractivity contribution in [3.63, 3.8) is 0 Å². The number of thiazole rings is 1. The van der Waals surface area contributed by atoms with E-state index in [1.807, 2.05) is 23.3 Å². The lowest BCUT2D eigenvalue weighted by molar-refractivity contribution is 0.744. The highest BCUT2D eigenvalue weighted by atomic mass is 32.2. The van der Waals surface area contributed by atoms with Crippen molar-refractivity contribution in [1.82, 2.24) is 4.98 Å². The SMILES string of the molecule is Cc1ccc(SCC(N)Cc2nccs2)cc1. The zero-order valence-electron chi connectivity index (χ0n) is 9.80. The van der Waals surface area contributed by atoms with Crippen molar-refractivity contribution >= 4 is 23.1 Å². The number of aromatic nitrogens is 1. The van der Waals surface area contributed by atoms with Crippen molar-refractivity contribution < 1.29 is 0 Å². The van der Waals surface area contributed by atoms with Crippen LogP contribution >= 0.6 is 23.1 Å². The van der Waals surface area contributed by atoms with E-state index >= 15 is 0 Å². The van der Waals surface area contributed by atoms with Gasteiger partial charge in [-0.25, -0.2) is 4.98 Å². The molecule has 0 aliphatic carbocycles. The Morgan fingerprint density at radius 2 is 2.12 bits per heavy atom. The smallest absolute Gasteiger partial charge is 0.0940 e. The molecule has 2 N–H and O–H groups in total. The van der Waals surface area contributed by atoms with Gasteiger partial charge in [0.05, 0.1) is 5.01 Å². The number of nitrogens with zero attached hydrogens (tertiary/aromatic N) is 1. The van der Waals surface area contributed by atoms with E-state index in [4.69, 9.17) is 5.73 Å². The molecule has 0 aliphatic rings. The fourth-order valence-corrected chi connectivity index (χ4v) is 3.04. The molecule has 1 unspecified atom stereocenters. The van der Waals surface area contributed by atoms with Crippen molar-refractivity contribution in [1.29, 1.82) is 0 Å². The minimum Gasteiger partial charge on any atom is -0.327 e. The highest BCUT2D eigenvalue weighted by Crippen LogP contribution is 2.19. The summed E-state index contributed by atoms with van der Waals surface area (Å²) in [7, 11) is 0. The molecule has 4 heteroatoms. The highest BCUT2D eigenvalue weighted by molar-refractivity contribution is 7.99. The Hall–Kier alpha value is -0.840. The highest BCUT2D eigenvalue weighted by Gasteiger charge is 2.06. The van der Waals surface area contributed by atoms with Crippen LogP contribution in [0.1, 0.15) is 10.6 Å². The van der Waals surface area contributed by atoms with Crippen molar-refractivity contribution in [3.05, 3.63) is 46.4 Å². The van der Waals surface area contributed by atoms with Crippen molar-refractivity contribution in [2.45, 2.75) is 24.3 Å². The molecular formula is C13H16N2S2. The van der Waals surface area contributed by atoms with Gasteiger partial charge in [-0.05, 0) is 19.1 Å². The third-order valence-electron chi connectivity index (χ3n) is 2.41. The van der Waals surface area contributed by atoms with Crippen molar-refractivity contribution in [2.24, 2.45) is 5.73 Å². The Bertz CT molecular complexity index is 437. The zero-order chi connectivity index (χ0) is 12.1. The third kappa shape index (κ3) is 4.15. The Morgan fingerprint density at radius 1 is 1.35 bits per heavy atom. The van der Waals surface area contributed by atoms with Gasteiger partial charge >= 0.3 is 0 Å². The Labute approximate surface area is 110 Å². The molecule has 17 heavy (non-hydrogen) atoms. The van der Waals surface area contributed by atoms with Crippen LogP contribution in [-0.4, -0.2) is 16.8 Å². The molecule has 1 heterocycles. The first-order valence-electron chi connectivity index (χ1n) is 5.57. The van der Waals surface area contributed by atoms with Crippen LogP contribution in [0.4, 0.5) is 0 Å². The Balaban J connectivity index is 1.79. The number of rotatable bonds is 5. The molecule has 0 spiro atoms. The summed E-state index contributed by atoms with van der Waals surface area (Å²) in [5.74, 6) is 0.933. The maximum absolute atomic E-state index is 6.09. The summed E-state index contributed by atoms with van der Waals surface area (Å²) in [6, 6.07) is 8.74. The van der Waals surface area contributed by atoms with Gasteiger partial charge in [-0.2, -0.15) is 0 Å². The van der Waals surface area contributed by atoms with Gasteiger partial charge in [0.1, 0.15) is 0 Å². The van der Waals surface area contributed by atoms with E-state index in [0.29, 0.717) is 0 Å². The summed E-state index contributed by atoms with van der Waals surface area (Å²) >= 11 is 3.49. The molecule has 2 aromatic rings. The fraction of sp³-hybridized carbons (Fsp3) is 0.308. The minimum atomic E-state index is 0.174. The van der Waals surface area contributed by atoms with E-state index in [0.717, 1.165) is 17.2 Å². The molecule has 2 rings (SSSR count). The van der Waals surface area contributed by atoms with Crippen molar-refractivity contribution in [2.75, 3.05) is 5.75 Å². The summed E-state index contributed by atoms with van der Waals surface area (Å²) in [5, 5.41) is 3.12. The van der Waals surface area contributed by atoms with Crippen LogP contribution in [0.3, 0.4) is 0 Å². The van der Waals surface area contributed by atoms with Gasteiger partial charge in [0.15, 0.2) is 0 Å². The van der Waals surface area contributed by atoms with E-state index in [1.165, 1.54) is 10.5 Å². The van der Waals surface area contributed by atoms with Gasteiger partial charge in [0.25, 0.3) is 0 Å². The largest absolute Gasteiger partial charge is 0.327 e. The lowest BCUT2D eigenvalue weighted by Gasteiger charge is -2.09. The summed E-state index contributed by atoms with van der Waals surface area (Å²) in [4.78, 5) is 5.53. The molecule has 1 aromatic heterocycles. The van der Waals surface area contributed by atoms with Gasteiger partial charge in [-0.1, -0.05) is 17.7 Å². The first-order valence-corrected chi connectivity index (χ1v) is 7.44. The first kappa shape index (κ1) is 12.6. The molecular weight excluding hydrogens is 248 g/mol. The standard InChI is InChI=1S/C13H16N2S2/c1-10-2-4-12(5-3-10)17-9-11(14)8-13-15-6-7-16-13/h2-7,11H,8-9,14H2,1H3. The summed E-state index contributed by atoms with van der Waals surface area (Å²) in [5.41, 5.74) is 7.38. The average molecular weight is 264 g/mol. The molecule has 0 saturated carbocycles. The Morgan fingerprint density at radius 3 is 2.76 bits per heavy atom. The molecule has 0 bridgehead atoms. The van der Waals surface area contributed by atoms with Gasteiger partial charge in [-0.15, -0.1) is 23.1 Å². The monoisotopic (exact) mass is 264 g/mol. The normalized spacial score (nSPS) is 12.6. The van der Waals surface area contributed by atoms with Crippen LogP contribution in [0.25, 0.3) is 0 Å². The van der Waals surface area contributed by atoms with Crippen LogP contribution in [0.15, 0.2) is 40.7 Å². The number of thioether (sulfide) groups is 1. The molecule has 0 fully saturated rings. The fourth-order valence-electron chi connectivity index (χ4n) is 1.47. The van der Waals surface area contributed by atoms with E-state index in [2.05, 4.69) is 36.2 Å². The second kappa shape index (κ2) is 6.19. The van der Waals surface area contributed by atoms with Crippen LogP contribution in [-0.2, 0) is 6.42 Å². The van der Waals surface area contributed by atoms with Gasteiger partial charge in [0.2, 0.25) is 0 Å². The summed E-state index contributed by atoms with van der Waals surface area (Å²) in [6.45, 7) is 2.10. The number of aryl methyl sites for hydroxylation is 1. The number of benzene rings is 1. The molecule has 0 aliphatic heterocycles. The summed E-state index contributed by atoms with van der Waals surface area (Å²) in [6.07, 6.45) is 2.70. The molecule has 0 saturated heterocycles. The van der Waals surface area contributed by atoms with E-state index in [-0.39, 0.29) is 6.04 Å². The first-order chi connectivity index (χ1) is 8.24. The lowest BCUT2D eigenvalue weighted by atomic mass is 10.2. The zero-order valence-corrected chi connectivity index (χ0v) is 11.4. The van der Waals surface area contributed by atoms with Crippen LogP contribution in [0, 0.1) is 6.92 Å². The number of hydrogen-bond donors (Lipinski definition) is 1. The average Bonchev–Trinajstić information content (AvgIpc) is 2.81. The number of nitrogens with two attached hydrogens (primary N) is 1. The molecule has 1 aromatic carbocycles. The maximum atomic E-state index is 6.09. The maximum Gasteiger partial charge on any atom is 0.0940 e. The van der Waals surface area contributed by atoms with Crippen molar-refractivity contribution in [3.8, 4) is 0 Å². The third-order valence-corrected chi connectivity index (χ3v) is 4.41. The van der Waals surface area contributed by atoms with E-state index < -0.39 is 0 Å². The lowest BCUT2D eigenvalue weighted by Crippen LogP contribution is -2.25. The Kier molecular flexibility index (Phi) is 4.59. The topological polar surface area (TPSA) is 38.9 Å². The van der Waals surface area contributed by atoms with Crippen LogP contribution in [0.2, 0.25) is 0 Å². The molecule has 90 valence electrons. The molecule has 0 amide bonds. The molecule has 0 radical (unpaired) electrons. The second-order valence-corrected chi connectivity index (χ2v) is 6.09. The van der Waals surface area contributed by atoms with E-state index in [9.17, 15) is 0 Å². The quantitative estimate of drug-likeness (QED) is 0.843. The van der Waals surface area contributed by atoms with Gasteiger partial charge in [0, 0.05) is 34.7 Å². The van der Waals surface area contributed by atoms with Crippen LogP contribution < -0.4 is 5.73 Å². The van der Waals surface area contributed by atoms with E-state index in [1.54, 1.807) is 11.3 Å². The summed E-state index contributed by atoms with van der Waals surface area (Å²) < 4.78 is 0. The number of hydrogen-bond acceptors (Lipinski definition) is 4. The predicted octanol–water partition coefficient (Wildman–Crippen LogP) is 3.11. The molecule has 1 atom stereocenters. The minimum absolute atomic E-state index is 0.174. The predicted molar refractivity (Wildman–Crippen MR) is 75.7 cm³/mol. The van der Waals surface area contributed by atoms with Gasteiger partial charge in [-0.3, -0.25) is 0 Å². The van der Waals surface area contributed by atoms with Crippen LogP contribution in [0.5, 0.6) is 0 Å². The molecule has 2 nitrogen and oxygen atoms in total.